The lowest BCUT2D eigenvalue weighted by Crippen LogP contribution is -2.48. The normalized spacial score (nSPS) is 19.6. The summed E-state index contributed by atoms with van der Waals surface area (Å²) >= 11 is 0. The number of rotatable bonds is 4. The van der Waals surface area contributed by atoms with Gasteiger partial charge in [0.25, 0.3) is 0 Å². The third-order valence-electron chi connectivity index (χ3n) is 3.41. The Hall–Kier alpha value is -1.59. The average Bonchev–Trinajstić information content (AvgIpc) is 2.37. The predicted molar refractivity (Wildman–Crippen MR) is 74.1 cm³/mol. The van der Waals surface area contributed by atoms with Gasteiger partial charge in [-0.1, -0.05) is 20.8 Å². The Morgan fingerprint density at radius 2 is 1.90 bits per heavy atom. The number of carboxylic acids is 1. The molecule has 0 radical (unpaired) electrons. The van der Waals surface area contributed by atoms with Crippen LogP contribution in [0.5, 0.6) is 0 Å². The van der Waals surface area contributed by atoms with E-state index in [2.05, 4.69) is 5.32 Å². The van der Waals surface area contributed by atoms with Gasteiger partial charge < -0.3 is 15.3 Å². The molecule has 0 aromatic carbocycles. The molecule has 20 heavy (non-hydrogen) atoms. The highest BCUT2D eigenvalue weighted by Gasteiger charge is 2.31. The molecule has 2 N–H and O–H groups in total. The molecule has 114 valence electrons. The van der Waals surface area contributed by atoms with Crippen molar-refractivity contribution < 1.29 is 19.5 Å². The van der Waals surface area contributed by atoms with E-state index in [1.807, 2.05) is 0 Å². The number of piperidine rings is 1. The van der Waals surface area contributed by atoms with E-state index in [4.69, 9.17) is 5.11 Å². The Morgan fingerprint density at radius 1 is 1.25 bits per heavy atom. The molecule has 6 nitrogen and oxygen atoms in total. The Morgan fingerprint density at radius 3 is 2.45 bits per heavy atom. The van der Waals surface area contributed by atoms with Crippen LogP contribution in [0.4, 0.5) is 0 Å². The van der Waals surface area contributed by atoms with Crippen molar-refractivity contribution in [3.05, 3.63) is 0 Å². The third kappa shape index (κ3) is 4.51. The highest BCUT2D eigenvalue weighted by molar-refractivity contribution is 5.85. The second kappa shape index (κ2) is 6.72. The number of hydrogen-bond donors (Lipinski definition) is 2. The zero-order valence-corrected chi connectivity index (χ0v) is 12.4. The summed E-state index contributed by atoms with van der Waals surface area (Å²) in [5.41, 5.74) is -0.488. The number of aliphatic carboxylic acids is 1. The number of carbonyl (C=O) groups is 3. The van der Waals surface area contributed by atoms with E-state index in [1.54, 1.807) is 20.8 Å². The van der Waals surface area contributed by atoms with Crippen molar-refractivity contribution in [3.8, 4) is 0 Å². The summed E-state index contributed by atoms with van der Waals surface area (Å²) in [5.74, 6) is -1.26. The van der Waals surface area contributed by atoms with Crippen LogP contribution in [0.3, 0.4) is 0 Å². The minimum absolute atomic E-state index is 0.112. The van der Waals surface area contributed by atoms with E-state index >= 15 is 0 Å². The molecule has 1 unspecified atom stereocenters. The van der Waals surface area contributed by atoms with Crippen molar-refractivity contribution in [2.75, 3.05) is 13.1 Å². The van der Waals surface area contributed by atoms with Gasteiger partial charge in [0.1, 0.15) is 6.04 Å². The van der Waals surface area contributed by atoms with Crippen molar-refractivity contribution in [3.63, 3.8) is 0 Å². The number of likely N-dealkylation sites (tertiary alicyclic amines) is 1. The fraction of sp³-hybridized carbons (Fsp3) is 0.786. The van der Waals surface area contributed by atoms with Crippen molar-refractivity contribution in [1.82, 2.24) is 10.2 Å². The van der Waals surface area contributed by atoms with Gasteiger partial charge in [-0.2, -0.15) is 0 Å². The molecule has 1 fully saturated rings. The number of carboxylic acid groups (broad SMARTS) is 1. The molecule has 1 aliphatic heterocycles. The maximum atomic E-state index is 12.1. The molecule has 0 aromatic rings. The molecule has 1 heterocycles. The highest BCUT2D eigenvalue weighted by Crippen LogP contribution is 2.18. The van der Waals surface area contributed by atoms with Gasteiger partial charge in [0.2, 0.25) is 11.8 Å². The van der Waals surface area contributed by atoms with Gasteiger partial charge in [-0.05, 0) is 19.3 Å². The van der Waals surface area contributed by atoms with Crippen molar-refractivity contribution in [2.45, 2.75) is 52.5 Å². The largest absolute Gasteiger partial charge is 0.480 e. The van der Waals surface area contributed by atoms with Gasteiger partial charge in [0.05, 0.1) is 0 Å². The highest BCUT2D eigenvalue weighted by atomic mass is 16.4. The summed E-state index contributed by atoms with van der Waals surface area (Å²) in [5, 5.41) is 11.8. The molecule has 2 amide bonds. The first-order valence-corrected chi connectivity index (χ1v) is 7.04. The molecule has 1 atom stereocenters. The van der Waals surface area contributed by atoms with E-state index < -0.39 is 17.4 Å². The van der Waals surface area contributed by atoms with Gasteiger partial charge >= 0.3 is 5.97 Å². The maximum absolute atomic E-state index is 12.1. The lowest BCUT2D eigenvalue weighted by molar-refractivity contribution is -0.152. The van der Waals surface area contributed by atoms with Crippen LogP contribution in [-0.4, -0.2) is 46.9 Å². The fourth-order valence-corrected chi connectivity index (χ4v) is 2.18. The van der Waals surface area contributed by atoms with Crippen molar-refractivity contribution in [1.29, 1.82) is 0 Å². The Labute approximate surface area is 119 Å². The smallest absolute Gasteiger partial charge is 0.326 e. The summed E-state index contributed by atoms with van der Waals surface area (Å²) in [6.07, 6.45) is 2.33. The maximum Gasteiger partial charge on any atom is 0.326 e. The van der Waals surface area contributed by atoms with Crippen LogP contribution in [0.25, 0.3) is 0 Å². The monoisotopic (exact) mass is 284 g/mol. The Bertz CT molecular complexity index is 387. The molecular weight excluding hydrogens is 260 g/mol. The fourth-order valence-electron chi connectivity index (χ4n) is 2.18. The molecule has 0 saturated carbocycles. The molecule has 0 aromatic heterocycles. The van der Waals surface area contributed by atoms with Crippen LogP contribution >= 0.6 is 0 Å². The van der Waals surface area contributed by atoms with Gasteiger partial charge in [0, 0.05) is 24.9 Å². The molecular formula is C14H24N2O4. The Balaban J connectivity index is 2.45. The van der Waals surface area contributed by atoms with E-state index in [0.717, 1.165) is 12.8 Å². The van der Waals surface area contributed by atoms with E-state index in [-0.39, 0.29) is 24.8 Å². The van der Waals surface area contributed by atoms with Gasteiger partial charge in [-0.25, -0.2) is 4.79 Å². The number of carbonyl (C=O) groups excluding carboxylic acids is 2. The van der Waals surface area contributed by atoms with Crippen LogP contribution in [0.1, 0.15) is 46.5 Å². The molecule has 6 heteroatoms. The van der Waals surface area contributed by atoms with Gasteiger partial charge in [-0.3, -0.25) is 9.59 Å². The predicted octanol–water partition coefficient (Wildman–Crippen LogP) is 1.00. The van der Waals surface area contributed by atoms with Crippen LogP contribution < -0.4 is 5.32 Å². The standard InChI is InChI=1S/C14H24N2O4/c1-14(2,3)13(20)15-8-7-11(17)16-9-5-4-6-10(16)12(18)19/h10H,4-9H2,1-3H3,(H,15,20)(H,18,19). The minimum atomic E-state index is -0.947. The third-order valence-corrected chi connectivity index (χ3v) is 3.41. The molecule has 1 aliphatic rings. The molecule has 1 saturated heterocycles. The summed E-state index contributed by atoms with van der Waals surface area (Å²) in [4.78, 5) is 36.3. The number of amides is 2. The van der Waals surface area contributed by atoms with Crippen LogP contribution in [0.2, 0.25) is 0 Å². The topological polar surface area (TPSA) is 86.7 Å². The van der Waals surface area contributed by atoms with Crippen LogP contribution in [-0.2, 0) is 14.4 Å². The quantitative estimate of drug-likeness (QED) is 0.806. The number of nitrogens with zero attached hydrogens (tertiary/aromatic N) is 1. The lowest BCUT2D eigenvalue weighted by atomic mass is 9.96. The number of nitrogens with one attached hydrogen (secondary N) is 1. The molecule has 0 aliphatic carbocycles. The first-order chi connectivity index (χ1) is 9.23. The van der Waals surface area contributed by atoms with E-state index in [9.17, 15) is 14.4 Å². The molecule has 0 spiro atoms. The zero-order chi connectivity index (χ0) is 15.3. The summed E-state index contributed by atoms with van der Waals surface area (Å²) < 4.78 is 0. The van der Waals surface area contributed by atoms with Crippen molar-refractivity contribution in [2.24, 2.45) is 5.41 Å². The summed E-state index contributed by atoms with van der Waals surface area (Å²) in [6.45, 7) is 6.14. The van der Waals surface area contributed by atoms with E-state index in [0.29, 0.717) is 13.0 Å². The summed E-state index contributed by atoms with van der Waals surface area (Å²) in [6, 6.07) is -0.713. The SMILES string of the molecule is CC(C)(C)C(=O)NCCC(=O)N1CCCCC1C(=O)O. The van der Waals surface area contributed by atoms with Crippen LogP contribution in [0, 0.1) is 5.41 Å². The molecule has 1 rings (SSSR count). The number of hydrogen-bond acceptors (Lipinski definition) is 3. The van der Waals surface area contributed by atoms with Gasteiger partial charge in [-0.15, -0.1) is 0 Å². The first-order valence-electron chi connectivity index (χ1n) is 7.04. The van der Waals surface area contributed by atoms with E-state index in [1.165, 1.54) is 4.90 Å². The average molecular weight is 284 g/mol. The lowest BCUT2D eigenvalue weighted by Gasteiger charge is -2.33. The second-order valence-corrected chi connectivity index (χ2v) is 6.19. The van der Waals surface area contributed by atoms with Gasteiger partial charge in [0.15, 0.2) is 0 Å². The minimum Gasteiger partial charge on any atom is -0.480 e. The van der Waals surface area contributed by atoms with Crippen molar-refractivity contribution >= 4 is 17.8 Å². The second-order valence-electron chi connectivity index (χ2n) is 6.19. The Kier molecular flexibility index (Phi) is 5.53. The van der Waals surface area contributed by atoms with Crippen LogP contribution in [0.15, 0.2) is 0 Å². The zero-order valence-electron chi connectivity index (χ0n) is 12.4. The first kappa shape index (κ1) is 16.5. The summed E-state index contributed by atoms with van der Waals surface area (Å²) in [7, 11) is 0. The molecule has 0 bridgehead atoms.